The maximum absolute atomic E-state index is 13.5. The lowest BCUT2D eigenvalue weighted by molar-refractivity contribution is -0.148. The molecule has 3 rings (SSSR count). The molecule has 9 heteroatoms. The molecule has 1 aliphatic heterocycles. The van der Waals surface area contributed by atoms with E-state index < -0.39 is 17.8 Å². The molecule has 1 aromatic heterocycles. The van der Waals surface area contributed by atoms with Gasteiger partial charge < -0.3 is 14.2 Å². The summed E-state index contributed by atoms with van der Waals surface area (Å²) in [5, 5.41) is 2.40. The Morgan fingerprint density at radius 1 is 1.21 bits per heavy atom. The Kier molecular flexibility index (Phi) is 8.74. The summed E-state index contributed by atoms with van der Waals surface area (Å²) in [6.07, 6.45) is 2.86. The van der Waals surface area contributed by atoms with Gasteiger partial charge in [-0.2, -0.15) is 0 Å². The largest absolute Gasteiger partial charge is 0.493 e. The van der Waals surface area contributed by atoms with Gasteiger partial charge in [-0.1, -0.05) is 23.7 Å². The minimum atomic E-state index is -0.723. The topological polar surface area (TPSA) is 82.1 Å². The lowest BCUT2D eigenvalue weighted by Crippen LogP contribution is -2.40. The highest BCUT2D eigenvalue weighted by Gasteiger charge is 2.36. The zero-order valence-corrected chi connectivity index (χ0v) is 21.3. The molecule has 34 heavy (non-hydrogen) atoms. The van der Waals surface area contributed by atoms with Crippen LogP contribution in [-0.4, -0.2) is 43.5 Å². The molecule has 1 unspecified atom stereocenters. The van der Waals surface area contributed by atoms with Gasteiger partial charge in [-0.15, -0.1) is 11.3 Å². The van der Waals surface area contributed by atoms with E-state index in [-0.39, 0.29) is 31.1 Å². The predicted octanol–water partition coefficient (Wildman–Crippen LogP) is 4.72. The number of hydrogen-bond donors (Lipinski definition) is 0. The fourth-order valence-corrected chi connectivity index (χ4v) is 5.01. The number of aryl methyl sites for hydroxylation is 2. The Morgan fingerprint density at radius 2 is 1.94 bits per heavy atom. The van der Waals surface area contributed by atoms with Gasteiger partial charge in [0.25, 0.3) is 5.91 Å². The quantitative estimate of drug-likeness (QED) is 0.278. The van der Waals surface area contributed by atoms with Crippen molar-refractivity contribution >= 4 is 40.7 Å². The van der Waals surface area contributed by atoms with Crippen LogP contribution in [0.5, 0.6) is 11.5 Å². The zero-order chi connectivity index (χ0) is 24.8. The third-order valence-electron chi connectivity index (χ3n) is 5.69. The maximum Gasteiger partial charge on any atom is 0.343 e. The Morgan fingerprint density at radius 3 is 2.56 bits per heavy atom. The first-order valence-electron chi connectivity index (χ1n) is 11.0. The van der Waals surface area contributed by atoms with Gasteiger partial charge in [0, 0.05) is 10.8 Å². The van der Waals surface area contributed by atoms with Crippen molar-refractivity contribution in [1.29, 1.82) is 0 Å². The van der Waals surface area contributed by atoms with E-state index in [0.29, 0.717) is 34.2 Å². The molecule has 0 radical (unpaired) electrons. The highest BCUT2D eigenvalue weighted by Crippen LogP contribution is 2.32. The van der Waals surface area contributed by atoms with Crippen LogP contribution in [0.2, 0.25) is 5.02 Å². The molecule has 0 fully saturated rings. The number of carbonyl (C=O) groups excluding carboxylic acids is 3. The van der Waals surface area contributed by atoms with Crippen molar-refractivity contribution < 1.29 is 28.6 Å². The number of carbonyl (C=O) groups is 3. The maximum atomic E-state index is 13.5. The van der Waals surface area contributed by atoms with Gasteiger partial charge in [0.15, 0.2) is 11.5 Å². The van der Waals surface area contributed by atoms with Crippen LogP contribution in [0, 0.1) is 12.8 Å². The summed E-state index contributed by atoms with van der Waals surface area (Å²) in [7, 11) is 3.14. The first-order chi connectivity index (χ1) is 16.3. The third kappa shape index (κ3) is 5.62. The SMILES string of the molecule is CCOC(=O)C1=CCC(CCc2ccc(OC)c(OC)c2)C(=O)N(Cc2scc(C)c2Cl)C1=O. The molecular weight excluding hydrogens is 478 g/mol. The summed E-state index contributed by atoms with van der Waals surface area (Å²) >= 11 is 7.76. The first-order valence-corrected chi connectivity index (χ1v) is 12.2. The summed E-state index contributed by atoms with van der Waals surface area (Å²) in [5.74, 6) is -0.958. The Bertz CT molecular complexity index is 1110. The number of amides is 2. The van der Waals surface area contributed by atoms with Gasteiger partial charge in [-0.25, -0.2) is 4.79 Å². The number of hydrogen-bond acceptors (Lipinski definition) is 7. The van der Waals surface area contributed by atoms with Crippen molar-refractivity contribution in [3.63, 3.8) is 0 Å². The van der Waals surface area contributed by atoms with Gasteiger partial charge in [0.05, 0.1) is 32.4 Å². The van der Waals surface area contributed by atoms with Crippen LogP contribution >= 0.6 is 22.9 Å². The molecule has 0 spiro atoms. The van der Waals surface area contributed by atoms with Crippen LogP contribution in [-0.2, 0) is 32.1 Å². The second-order valence-electron chi connectivity index (χ2n) is 7.88. The molecule has 0 bridgehead atoms. The summed E-state index contributed by atoms with van der Waals surface area (Å²) < 4.78 is 15.7. The predicted molar refractivity (Wildman–Crippen MR) is 130 cm³/mol. The van der Waals surface area contributed by atoms with Crippen LogP contribution in [0.4, 0.5) is 0 Å². The number of esters is 1. The van der Waals surface area contributed by atoms with Crippen molar-refractivity contribution in [3.05, 3.63) is 56.3 Å². The fraction of sp³-hybridized carbons (Fsp3) is 0.400. The van der Waals surface area contributed by atoms with E-state index in [1.165, 1.54) is 17.4 Å². The summed E-state index contributed by atoms with van der Waals surface area (Å²) in [4.78, 5) is 41.0. The number of ether oxygens (including phenoxy) is 3. The van der Waals surface area contributed by atoms with E-state index in [4.69, 9.17) is 25.8 Å². The number of methoxy groups -OCH3 is 2. The number of benzene rings is 1. The van der Waals surface area contributed by atoms with Gasteiger partial charge in [-0.05, 0) is 61.7 Å². The molecule has 1 atom stereocenters. The summed E-state index contributed by atoms with van der Waals surface area (Å²) in [6, 6.07) is 5.61. The second-order valence-corrected chi connectivity index (χ2v) is 9.23. The van der Waals surface area contributed by atoms with E-state index in [1.807, 2.05) is 30.5 Å². The lowest BCUT2D eigenvalue weighted by Gasteiger charge is -2.23. The van der Waals surface area contributed by atoms with E-state index in [1.54, 1.807) is 21.1 Å². The number of nitrogens with zero attached hydrogens (tertiary/aromatic N) is 1. The highest BCUT2D eigenvalue weighted by molar-refractivity contribution is 7.10. The van der Waals surface area contributed by atoms with Crippen molar-refractivity contribution in [2.24, 2.45) is 5.92 Å². The van der Waals surface area contributed by atoms with Crippen molar-refractivity contribution in [3.8, 4) is 11.5 Å². The van der Waals surface area contributed by atoms with E-state index in [2.05, 4.69) is 0 Å². The van der Waals surface area contributed by atoms with Crippen molar-refractivity contribution in [2.75, 3.05) is 20.8 Å². The van der Waals surface area contributed by atoms with Crippen LogP contribution in [0.25, 0.3) is 0 Å². The van der Waals surface area contributed by atoms with Crippen molar-refractivity contribution in [1.82, 2.24) is 4.90 Å². The fourth-order valence-electron chi connectivity index (χ4n) is 3.79. The van der Waals surface area contributed by atoms with Crippen LogP contribution < -0.4 is 9.47 Å². The van der Waals surface area contributed by atoms with E-state index in [9.17, 15) is 14.4 Å². The molecule has 0 saturated heterocycles. The van der Waals surface area contributed by atoms with Gasteiger partial charge in [0.1, 0.15) is 5.57 Å². The van der Waals surface area contributed by atoms with Gasteiger partial charge in [-0.3, -0.25) is 14.5 Å². The normalized spacial score (nSPS) is 16.2. The van der Waals surface area contributed by atoms with E-state index in [0.717, 1.165) is 16.0 Å². The number of rotatable bonds is 9. The monoisotopic (exact) mass is 505 g/mol. The molecule has 2 amide bonds. The summed E-state index contributed by atoms with van der Waals surface area (Å²) in [5.41, 5.74) is 1.73. The standard InChI is InChI=1S/C25H28ClNO6S/c1-5-33-25(30)18-10-9-17(8-6-16-7-11-19(31-3)20(12-16)32-4)23(28)27(24(18)29)13-21-22(26)15(2)14-34-21/h7,10-12,14,17H,5-6,8-9,13H2,1-4H3. The Balaban J connectivity index is 1.86. The molecule has 182 valence electrons. The average molecular weight is 506 g/mol. The van der Waals surface area contributed by atoms with Crippen LogP contribution in [0.1, 0.15) is 35.8 Å². The van der Waals surface area contributed by atoms with Gasteiger partial charge >= 0.3 is 5.97 Å². The number of halogens is 1. The minimum absolute atomic E-state index is 0.0125. The van der Waals surface area contributed by atoms with Gasteiger partial charge in [0.2, 0.25) is 5.91 Å². The molecular formula is C25H28ClNO6S. The van der Waals surface area contributed by atoms with Crippen LogP contribution in [0.15, 0.2) is 35.2 Å². The molecule has 0 saturated carbocycles. The molecule has 1 aromatic carbocycles. The number of allylic oxidation sites excluding steroid dienone is 1. The summed E-state index contributed by atoms with van der Waals surface area (Å²) in [6.45, 7) is 3.68. The second kappa shape index (κ2) is 11.5. The Labute approximate surface area is 208 Å². The zero-order valence-electron chi connectivity index (χ0n) is 19.7. The number of imide groups is 1. The third-order valence-corrected chi connectivity index (χ3v) is 7.42. The first kappa shape index (κ1) is 25.8. The Hall–Kier alpha value is -2.84. The smallest absolute Gasteiger partial charge is 0.343 e. The van der Waals surface area contributed by atoms with E-state index >= 15 is 0 Å². The van der Waals surface area contributed by atoms with Crippen molar-refractivity contribution in [2.45, 2.75) is 39.7 Å². The number of thiophene rings is 1. The molecule has 7 nitrogen and oxygen atoms in total. The molecule has 2 aromatic rings. The lowest BCUT2D eigenvalue weighted by atomic mass is 9.95. The minimum Gasteiger partial charge on any atom is -0.493 e. The molecule has 1 aliphatic rings. The van der Waals surface area contributed by atoms with Crippen LogP contribution in [0.3, 0.4) is 0 Å². The molecule has 2 heterocycles. The molecule has 0 aliphatic carbocycles. The highest BCUT2D eigenvalue weighted by atomic mass is 35.5. The molecule has 0 N–H and O–H groups in total. The average Bonchev–Trinajstić information content (AvgIpc) is 3.09.